The predicted octanol–water partition coefficient (Wildman–Crippen LogP) is 2.61. The van der Waals surface area contributed by atoms with Crippen molar-refractivity contribution in [2.75, 3.05) is 0 Å². The Hall–Kier alpha value is -4.47. The molecule has 0 aliphatic rings. The van der Waals surface area contributed by atoms with Gasteiger partial charge < -0.3 is 19.8 Å². The molecule has 1 amide bonds. The first-order valence-electron chi connectivity index (χ1n) is 9.14. The molecule has 1 atom stereocenters. The number of fused-ring (bicyclic) bond motifs is 2. The van der Waals surface area contributed by atoms with Crippen LogP contribution in [0, 0.1) is 10.1 Å². The summed E-state index contributed by atoms with van der Waals surface area (Å²) in [7, 11) is 0. The highest BCUT2D eigenvalue weighted by atomic mass is 16.6. The van der Waals surface area contributed by atoms with Crippen LogP contribution in [0.25, 0.3) is 21.9 Å². The number of aromatic nitrogens is 1. The molecule has 4 aromatic rings. The molecule has 0 aliphatic carbocycles. The maximum atomic E-state index is 12.7. The SMILES string of the molecule is O=C(N[C@@H](Cc1c[nH]c2ccccc12)C(=O)O)c1cc2cc([N+](=O)[O-])ccc2oc1=O. The van der Waals surface area contributed by atoms with Crippen LogP contribution in [0.4, 0.5) is 5.69 Å². The number of carboxylic acid groups (broad SMARTS) is 1. The number of carboxylic acids is 1. The summed E-state index contributed by atoms with van der Waals surface area (Å²) in [5.41, 5.74) is -0.0846. The number of aliphatic carboxylic acids is 1. The molecule has 31 heavy (non-hydrogen) atoms. The zero-order valence-corrected chi connectivity index (χ0v) is 15.8. The van der Waals surface area contributed by atoms with Crippen LogP contribution in [0.5, 0.6) is 0 Å². The number of nitro groups is 1. The maximum Gasteiger partial charge on any atom is 0.349 e. The molecule has 0 spiro atoms. The average molecular weight is 421 g/mol. The van der Waals surface area contributed by atoms with Crippen molar-refractivity contribution in [3.05, 3.63) is 86.4 Å². The highest BCUT2D eigenvalue weighted by Crippen LogP contribution is 2.21. The van der Waals surface area contributed by atoms with Crippen LogP contribution in [-0.4, -0.2) is 32.9 Å². The number of hydrogen-bond acceptors (Lipinski definition) is 6. The molecule has 2 aromatic carbocycles. The first-order valence-corrected chi connectivity index (χ1v) is 9.14. The Morgan fingerprint density at radius 3 is 2.71 bits per heavy atom. The molecule has 0 bridgehead atoms. The number of amides is 1. The van der Waals surface area contributed by atoms with Crippen LogP contribution in [0.1, 0.15) is 15.9 Å². The molecule has 0 saturated heterocycles. The number of carbonyl (C=O) groups is 2. The second-order valence-corrected chi connectivity index (χ2v) is 6.85. The summed E-state index contributed by atoms with van der Waals surface area (Å²) in [5.74, 6) is -2.23. The van der Waals surface area contributed by atoms with Gasteiger partial charge >= 0.3 is 11.6 Å². The van der Waals surface area contributed by atoms with E-state index in [2.05, 4.69) is 10.3 Å². The monoisotopic (exact) mass is 421 g/mol. The lowest BCUT2D eigenvalue weighted by Crippen LogP contribution is -2.43. The molecule has 0 saturated carbocycles. The van der Waals surface area contributed by atoms with Crippen LogP contribution in [0.2, 0.25) is 0 Å². The van der Waals surface area contributed by atoms with E-state index in [1.807, 2.05) is 24.3 Å². The van der Waals surface area contributed by atoms with Crippen LogP contribution in [0.15, 0.2) is 63.9 Å². The van der Waals surface area contributed by atoms with Crippen LogP contribution in [-0.2, 0) is 11.2 Å². The van der Waals surface area contributed by atoms with Gasteiger partial charge in [-0.05, 0) is 23.8 Å². The first kappa shape index (κ1) is 19.8. The molecule has 0 fully saturated rings. The summed E-state index contributed by atoms with van der Waals surface area (Å²) in [6.45, 7) is 0. The number of nitrogens with zero attached hydrogens (tertiary/aromatic N) is 1. The fourth-order valence-corrected chi connectivity index (χ4v) is 3.34. The van der Waals surface area contributed by atoms with E-state index in [-0.39, 0.29) is 23.1 Å². The fraction of sp³-hybridized carbons (Fsp3) is 0.0952. The highest BCUT2D eigenvalue weighted by molar-refractivity contribution is 5.99. The van der Waals surface area contributed by atoms with Gasteiger partial charge in [-0.1, -0.05) is 18.2 Å². The molecule has 0 unspecified atom stereocenters. The van der Waals surface area contributed by atoms with Crippen molar-refractivity contribution >= 4 is 39.4 Å². The molecule has 10 heteroatoms. The van der Waals surface area contributed by atoms with Crippen LogP contribution >= 0.6 is 0 Å². The van der Waals surface area contributed by atoms with Gasteiger partial charge in [-0.3, -0.25) is 14.9 Å². The lowest BCUT2D eigenvalue weighted by atomic mass is 10.0. The van der Waals surface area contributed by atoms with Gasteiger partial charge in [-0.15, -0.1) is 0 Å². The predicted molar refractivity (Wildman–Crippen MR) is 110 cm³/mol. The molecular formula is C21H15N3O7. The summed E-state index contributed by atoms with van der Waals surface area (Å²) < 4.78 is 5.06. The van der Waals surface area contributed by atoms with Crippen molar-refractivity contribution in [1.82, 2.24) is 10.3 Å². The van der Waals surface area contributed by atoms with Gasteiger partial charge in [0.25, 0.3) is 11.6 Å². The van der Waals surface area contributed by atoms with Crippen molar-refractivity contribution in [3.8, 4) is 0 Å². The minimum absolute atomic E-state index is 0.0184. The van der Waals surface area contributed by atoms with Gasteiger partial charge in [-0.25, -0.2) is 9.59 Å². The first-order chi connectivity index (χ1) is 14.8. The largest absolute Gasteiger partial charge is 0.480 e. The topological polar surface area (TPSA) is 156 Å². The number of para-hydroxylation sites is 1. The third-order valence-corrected chi connectivity index (χ3v) is 4.87. The van der Waals surface area contributed by atoms with E-state index in [1.165, 1.54) is 12.1 Å². The Morgan fingerprint density at radius 2 is 1.97 bits per heavy atom. The second kappa shape index (κ2) is 7.75. The zero-order chi connectivity index (χ0) is 22.1. The lowest BCUT2D eigenvalue weighted by Gasteiger charge is -2.14. The number of nitro benzene ring substituents is 1. The van der Waals surface area contributed by atoms with Gasteiger partial charge in [0, 0.05) is 41.0 Å². The smallest absolute Gasteiger partial charge is 0.349 e. The van der Waals surface area contributed by atoms with Crippen LogP contribution < -0.4 is 10.9 Å². The Labute approximate surface area is 173 Å². The minimum Gasteiger partial charge on any atom is -0.480 e. The number of carbonyl (C=O) groups excluding carboxylic acids is 1. The van der Waals surface area contributed by atoms with Gasteiger partial charge in [0.1, 0.15) is 17.2 Å². The summed E-state index contributed by atoms with van der Waals surface area (Å²) in [5, 5.41) is 23.9. The molecule has 156 valence electrons. The highest BCUT2D eigenvalue weighted by Gasteiger charge is 2.24. The average Bonchev–Trinajstić information content (AvgIpc) is 3.15. The van der Waals surface area contributed by atoms with Crippen molar-refractivity contribution in [1.29, 1.82) is 0 Å². The number of non-ortho nitro benzene ring substituents is 1. The van der Waals surface area contributed by atoms with Gasteiger partial charge in [0.15, 0.2) is 0 Å². The molecule has 10 nitrogen and oxygen atoms in total. The van der Waals surface area contributed by atoms with Gasteiger partial charge in [0.2, 0.25) is 0 Å². The molecule has 2 aromatic heterocycles. The number of H-pyrrole nitrogens is 1. The molecular weight excluding hydrogens is 406 g/mol. The minimum atomic E-state index is -1.31. The summed E-state index contributed by atoms with van der Waals surface area (Å²) in [6.07, 6.45) is 1.64. The standard InChI is InChI=1S/C21H15N3O7/c25-19(15-8-11-7-13(24(29)30)5-6-18(11)31-21(15)28)23-17(20(26)27)9-12-10-22-16-4-2-1-3-14(12)16/h1-8,10,17,22H,9H2,(H,23,25)(H,26,27)/t17-/m0/s1. The van der Waals surface area contributed by atoms with Gasteiger partial charge in [0.05, 0.1) is 4.92 Å². The van der Waals surface area contributed by atoms with Crippen molar-refractivity contribution in [2.24, 2.45) is 0 Å². The second-order valence-electron chi connectivity index (χ2n) is 6.85. The summed E-state index contributed by atoms with van der Waals surface area (Å²) in [4.78, 5) is 50.0. The number of aromatic amines is 1. The third-order valence-electron chi connectivity index (χ3n) is 4.87. The lowest BCUT2D eigenvalue weighted by molar-refractivity contribution is -0.384. The van der Waals surface area contributed by atoms with E-state index >= 15 is 0 Å². The fourth-order valence-electron chi connectivity index (χ4n) is 3.34. The van der Waals surface area contributed by atoms with E-state index < -0.39 is 34.0 Å². The van der Waals surface area contributed by atoms with E-state index in [1.54, 1.807) is 6.20 Å². The van der Waals surface area contributed by atoms with Crippen LogP contribution in [0.3, 0.4) is 0 Å². The number of nitrogens with one attached hydrogen (secondary N) is 2. The van der Waals surface area contributed by atoms with Gasteiger partial charge in [-0.2, -0.15) is 0 Å². The third kappa shape index (κ3) is 3.86. The van der Waals surface area contributed by atoms with E-state index in [9.17, 15) is 29.6 Å². The van der Waals surface area contributed by atoms with Crippen molar-refractivity contribution < 1.29 is 24.0 Å². The van der Waals surface area contributed by atoms with Crippen molar-refractivity contribution in [2.45, 2.75) is 12.5 Å². The number of benzene rings is 2. The quantitative estimate of drug-likeness (QED) is 0.245. The van der Waals surface area contributed by atoms with E-state index in [4.69, 9.17) is 4.42 Å². The molecule has 0 aliphatic heterocycles. The Kier molecular flexibility index (Phi) is 4.96. The van der Waals surface area contributed by atoms with E-state index in [0.29, 0.717) is 5.56 Å². The summed E-state index contributed by atoms with van der Waals surface area (Å²) in [6, 6.07) is 10.7. The Balaban J connectivity index is 1.63. The molecule has 4 rings (SSSR count). The maximum absolute atomic E-state index is 12.7. The Morgan fingerprint density at radius 1 is 1.19 bits per heavy atom. The van der Waals surface area contributed by atoms with E-state index in [0.717, 1.165) is 23.0 Å². The molecule has 3 N–H and O–H groups in total. The molecule has 2 heterocycles. The zero-order valence-electron chi connectivity index (χ0n) is 15.8. The number of hydrogen-bond donors (Lipinski definition) is 3. The number of rotatable bonds is 6. The van der Waals surface area contributed by atoms with Crippen molar-refractivity contribution in [3.63, 3.8) is 0 Å². The normalized spacial score (nSPS) is 12.0. The molecule has 0 radical (unpaired) electrons. The Bertz CT molecular complexity index is 1400. The summed E-state index contributed by atoms with van der Waals surface area (Å²) >= 11 is 0.